The number of nitrogens with zero attached hydrogens (tertiary/aromatic N) is 2. The molecule has 0 saturated heterocycles. The topological polar surface area (TPSA) is 85.3 Å². The molecule has 4 N–H and O–H groups in total. The number of rotatable bonds is 5. The summed E-state index contributed by atoms with van der Waals surface area (Å²) in [6.07, 6.45) is 1.71. The minimum atomic E-state index is 0.387. The summed E-state index contributed by atoms with van der Waals surface area (Å²) in [5.41, 5.74) is 4.18. The first kappa shape index (κ1) is 12.9. The Morgan fingerprint density at radius 3 is 3.06 bits per heavy atom. The van der Waals surface area contributed by atoms with E-state index in [4.69, 9.17) is 5.21 Å². The molecule has 0 amide bonds. The average molecular weight is 243 g/mol. The smallest absolute Gasteiger partial charge is 0.215 e. The van der Waals surface area contributed by atoms with E-state index in [1.165, 1.54) is 0 Å². The molecule has 1 aromatic rings. The number of nitrogens with one attached hydrogen (secondary N) is 3. The molecule has 0 unspecified atom stereocenters. The fourth-order valence-electron chi connectivity index (χ4n) is 1.10. The van der Waals surface area contributed by atoms with Crippen LogP contribution < -0.4 is 10.8 Å². The van der Waals surface area contributed by atoms with Gasteiger partial charge in [0.2, 0.25) is 5.96 Å². The van der Waals surface area contributed by atoms with Crippen molar-refractivity contribution in [3.05, 3.63) is 17.7 Å². The Bertz CT molecular complexity index is 332. The number of hydrogen-bond donors (Lipinski definition) is 4. The highest BCUT2D eigenvalue weighted by Gasteiger charge is 1.99. The molecular formula is C9H17N5OS. The number of aliphatic imine (C=N–C) groups is 1. The van der Waals surface area contributed by atoms with Crippen molar-refractivity contribution in [2.24, 2.45) is 4.99 Å². The Labute approximate surface area is 98.9 Å². The van der Waals surface area contributed by atoms with Crippen LogP contribution in [0.5, 0.6) is 0 Å². The van der Waals surface area contributed by atoms with Crippen LogP contribution >= 0.6 is 11.8 Å². The van der Waals surface area contributed by atoms with Crippen molar-refractivity contribution < 1.29 is 5.21 Å². The van der Waals surface area contributed by atoms with Gasteiger partial charge in [0.1, 0.15) is 0 Å². The number of hydroxylamine groups is 1. The van der Waals surface area contributed by atoms with Crippen LogP contribution in [0.15, 0.2) is 11.3 Å². The van der Waals surface area contributed by atoms with Gasteiger partial charge in [-0.15, -0.1) is 0 Å². The Morgan fingerprint density at radius 1 is 1.69 bits per heavy atom. The van der Waals surface area contributed by atoms with Crippen molar-refractivity contribution in [1.29, 1.82) is 0 Å². The molecule has 7 heteroatoms. The van der Waals surface area contributed by atoms with Crippen molar-refractivity contribution in [3.8, 4) is 0 Å². The summed E-state index contributed by atoms with van der Waals surface area (Å²) < 4.78 is 0. The van der Waals surface area contributed by atoms with E-state index in [2.05, 4.69) is 20.3 Å². The lowest BCUT2D eigenvalue weighted by Gasteiger charge is -2.02. The first-order valence-electron chi connectivity index (χ1n) is 4.96. The zero-order valence-corrected chi connectivity index (χ0v) is 10.3. The monoisotopic (exact) mass is 243 g/mol. The van der Waals surface area contributed by atoms with Gasteiger partial charge in [-0.3, -0.25) is 10.2 Å². The minimum Gasteiger partial charge on any atom is -0.358 e. The van der Waals surface area contributed by atoms with Crippen LogP contribution in [0.25, 0.3) is 0 Å². The summed E-state index contributed by atoms with van der Waals surface area (Å²) in [6.45, 7) is 2.64. The molecule has 16 heavy (non-hydrogen) atoms. The second-order valence-corrected chi connectivity index (χ2v) is 4.22. The standard InChI is InChI=1S/C9H17N5OS/c1-7-8(13-6-12-7)5-16-4-3-11-9(10-2)14-15/h6,15H,3-5H2,1-2H3,(H,12,13)(H2,10,11,14). The largest absolute Gasteiger partial charge is 0.358 e. The molecule has 0 aromatic carbocycles. The van der Waals surface area contributed by atoms with Crippen LogP contribution in [-0.4, -0.2) is 40.5 Å². The van der Waals surface area contributed by atoms with Crippen LogP contribution in [0, 0.1) is 6.92 Å². The SMILES string of the molecule is CN/C(=N/CCSCc1[nH]cnc1C)NO. The molecule has 0 aliphatic rings. The van der Waals surface area contributed by atoms with E-state index in [1.54, 1.807) is 25.1 Å². The fraction of sp³-hybridized carbons (Fsp3) is 0.556. The molecule has 0 aliphatic carbocycles. The Hall–Kier alpha value is -1.21. The van der Waals surface area contributed by atoms with Gasteiger partial charge in [-0.05, 0) is 6.92 Å². The van der Waals surface area contributed by atoms with Gasteiger partial charge in [0.05, 0.1) is 18.6 Å². The van der Waals surface area contributed by atoms with E-state index in [1.807, 2.05) is 12.4 Å². The highest BCUT2D eigenvalue weighted by atomic mass is 32.2. The lowest BCUT2D eigenvalue weighted by Crippen LogP contribution is -2.32. The molecule has 1 aromatic heterocycles. The number of hydrogen-bond acceptors (Lipinski definition) is 4. The zero-order chi connectivity index (χ0) is 11.8. The maximum absolute atomic E-state index is 8.61. The minimum absolute atomic E-state index is 0.387. The third-order valence-electron chi connectivity index (χ3n) is 2.03. The van der Waals surface area contributed by atoms with Crippen LogP contribution in [0.4, 0.5) is 0 Å². The predicted molar refractivity (Wildman–Crippen MR) is 65.8 cm³/mol. The Kier molecular flexibility index (Phi) is 5.73. The third-order valence-corrected chi connectivity index (χ3v) is 2.99. The summed E-state index contributed by atoms with van der Waals surface area (Å²) in [5, 5.41) is 11.3. The Morgan fingerprint density at radius 2 is 2.50 bits per heavy atom. The van der Waals surface area contributed by atoms with Crippen LogP contribution in [-0.2, 0) is 5.75 Å². The quantitative estimate of drug-likeness (QED) is 0.262. The van der Waals surface area contributed by atoms with Gasteiger partial charge in [0.25, 0.3) is 0 Å². The molecule has 0 spiro atoms. The third kappa shape index (κ3) is 4.11. The van der Waals surface area contributed by atoms with Gasteiger partial charge >= 0.3 is 0 Å². The second-order valence-electron chi connectivity index (χ2n) is 3.11. The van der Waals surface area contributed by atoms with Crippen molar-refractivity contribution in [2.75, 3.05) is 19.3 Å². The Balaban J connectivity index is 2.17. The highest BCUT2D eigenvalue weighted by Crippen LogP contribution is 2.11. The maximum atomic E-state index is 8.61. The molecule has 0 saturated carbocycles. The first-order chi connectivity index (χ1) is 7.77. The molecule has 0 atom stereocenters. The fourth-order valence-corrected chi connectivity index (χ4v) is 1.96. The van der Waals surface area contributed by atoms with Gasteiger partial charge in [0.15, 0.2) is 0 Å². The zero-order valence-electron chi connectivity index (χ0n) is 9.45. The van der Waals surface area contributed by atoms with Crippen molar-refractivity contribution in [2.45, 2.75) is 12.7 Å². The number of aryl methyl sites for hydroxylation is 1. The van der Waals surface area contributed by atoms with Crippen molar-refractivity contribution >= 4 is 17.7 Å². The lowest BCUT2D eigenvalue weighted by atomic mass is 10.4. The normalized spacial score (nSPS) is 11.6. The van der Waals surface area contributed by atoms with Gasteiger partial charge in [-0.25, -0.2) is 10.5 Å². The highest BCUT2D eigenvalue weighted by molar-refractivity contribution is 7.98. The van der Waals surface area contributed by atoms with Crippen LogP contribution in [0.3, 0.4) is 0 Å². The molecule has 0 bridgehead atoms. The molecule has 0 aliphatic heterocycles. The maximum Gasteiger partial charge on any atom is 0.215 e. The van der Waals surface area contributed by atoms with E-state index in [0.717, 1.165) is 22.9 Å². The number of guanidine groups is 1. The molecule has 6 nitrogen and oxygen atoms in total. The van der Waals surface area contributed by atoms with E-state index < -0.39 is 0 Å². The molecule has 90 valence electrons. The summed E-state index contributed by atoms with van der Waals surface area (Å²) in [5.74, 6) is 2.19. The van der Waals surface area contributed by atoms with Crippen molar-refractivity contribution in [3.63, 3.8) is 0 Å². The van der Waals surface area contributed by atoms with Gasteiger partial charge in [0, 0.05) is 24.2 Å². The van der Waals surface area contributed by atoms with E-state index in [9.17, 15) is 0 Å². The van der Waals surface area contributed by atoms with E-state index in [0.29, 0.717) is 12.5 Å². The summed E-state index contributed by atoms with van der Waals surface area (Å²) in [4.78, 5) is 11.3. The molecule has 1 rings (SSSR count). The van der Waals surface area contributed by atoms with Crippen molar-refractivity contribution in [1.82, 2.24) is 20.8 Å². The predicted octanol–water partition coefficient (Wildman–Crippen LogP) is 0.506. The molecule has 1 heterocycles. The summed E-state index contributed by atoms with van der Waals surface area (Å²) >= 11 is 1.77. The molecule has 0 fully saturated rings. The van der Waals surface area contributed by atoms with E-state index >= 15 is 0 Å². The number of imidazole rings is 1. The second kappa shape index (κ2) is 7.13. The number of thioether (sulfide) groups is 1. The number of aromatic amines is 1. The van der Waals surface area contributed by atoms with Crippen LogP contribution in [0.1, 0.15) is 11.4 Å². The summed E-state index contributed by atoms with van der Waals surface area (Å²) in [7, 11) is 1.70. The van der Waals surface area contributed by atoms with Gasteiger partial charge in [-0.2, -0.15) is 11.8 Å². The number of H-pyrrole nitrogens is 1. The van der Waals surface area contributed by atoms with Gasteiger partial charge in [-0.1, -0.05) is 0 Å². The first-order valence-corrected chi connectivity index (χ1v) is 6.12. The lowest BCUT2D eigenvalue weighted by molar-refractivity contribution is 0.230. The van der Waals surface area contributed by atoms with Gasteiger partial charge < -0.3 is 10.3 Å². The summed E-state index contributed by atoms with van der Waals surface area (Å²) in [6, 6.07) is 0. The molecule has 0 radical (unpaired) electrons. The average Bonchev–Trinajstić information content (AvgIpc) is 2.70. The van der Waals surface area contributed by atoms with E-state index in [-0.39, 0.29) is 0 Å². The number of aromatic nitrogens is 2. The molecular weight excluding hydrogens is 226 g/mol. The van der Waals surface area contributed by atoms with Crippen LogP contribution in [0.2, 0.25) is 0 Å².